The summed E-state index contributed by atoms with van der Waals surface area (Å²) in [4.78, 5) is 35.8. The van der Waals surface area contributed by atoms with Gasteiger partial charge in [0.1, 0.15) is 0 Å². The Morgan fingerprint density at radius 2 is 1.74 bits per heavy atom. The summed E-state index contributed by atoms with van der Waals surface area (Å²) < 4.78 is 15.5. The van der Waals surface area contributed by atoms with E-state index in [0.717, 1.165) is 11.1 Å². The van der Waals surface area contributed by atoms with Crippen LogP contribution in [0.2, 0.25) is 0 Å². The van der Waals surface area contributed by atoms with E-state index >= 15 is 0 Å². The van der Waals surface area contributed by atoms with E-state index in [9.17, 15) is 14.4 Å². The predicted octanol–water partition coefficient (Wildman–Crippen LogP) is 2.65. The Labute approximate surface area is 156 Å². The van der Waals surface area contributed by atoms with Crippen LogP contribution in [-0.4, -0.2) is 31.1 Å². The molecule has 0 saturated heterocycles. The van der Waals surface area contributed by atoms with Crippen molar-refractivity contribution in [2.24, 2.45) is 0 Å². The molecule has 1 heterocycles. The van der Waals surface area contributed by atoms with Gasteiger partial charge in [-0.2, -0.15) is 0 Å². The molecule has 0 radical (unpaired) electrons. The Balaban J connectivity index is 1.58. The van der Waals surface area contributed by atoms with Crippen molar-refractivity contribution in [1.82, 2.24) is 0 Å². The third-order valence-corrected chi connectivity index (χ3v) is 4.00. The summed E-state index contributed by atoms with van der Waals surface area (Å²) in [6.45, 7) is 2.95. The van der Waals surface area contributed by atoms with Crippen molar-refractivity contribution < 1.29 is 28.6 Å². The van der Waals surface area contributed by atoms with Crippen LogP contribution < -0.4 is 14.8 Å². The topological polar surface area (TPSA) is 90.9 Å². The Bertz CT molecular complexity index is 888. The number of fused-ring (bicyclic) bond motifs is 1. The van der Waals surface area contributed by atoms with E-state index in [1.54, 1.807) is 0 Å². The maximum Gasteiger partial charge on any atom is 0.310 e. The predicted molar refractivity (Wildman–Crippen MR) is 97.0 cm³/mol. The molecule has 0 fully saturated rings. The van der Waals surface area contributed by atoms with E-state index in [2.05, 4.69) is 5.32 Å². The highest BCUT2D eigenvalue weighted by molar-refractivity contribution is 6.05. The summed E-state index contributed by atoms with van der Waals surface area (Å²) in [5.74, 6) is -0.408. The highest BCUT2D eigenvalue weighted by Crippen LogP contribution is 2.37. The van der Waals surface area contributed by atoms with E-state index in [4.69, 9.17) is 14.2 Å². The van der Waals surface area contributed by atoms with Gasteiger partial charge in [0.05, 0.1) is 12.1 Å². The summed E-state index contributed by atoms with van der Waals surface area (Å²) in [7, 11) is 0. The molecule has 0 unspecified atom stereocenters. The lowest BCUT2D eigenvalue weighted by molar-refractivity contribution is -0.146. The molecule has 0 atom stereocenters. The van der Waals surface area contributed by atoms with Gasteiger partial charge < -0.3 is 19.5 Å². The Hall–Kier alpha value is -3.35. The summed E-state index contributed by atoms with van der Waals surface area (Å²) in [6, 6.07) is 10.5. The molecular weight excluding hydrogens is 350 g/mol. The van der Waals surface area contributed by atoms with E-state index in [0.29, 0.717) is 17.1 Å². The number of rotatable bonds is 6. The van der Waals surface area contributed by atoms with Crippen LogP contribution in [0.15, 0.2) is 36.4 Å². The van der Waals surface area contributed by atoms with Crippen molar-refractivity contribution in [3.8, 4) is 11.5 Å². The second-order valence-corrected chi connectivity index (χ2v) is 6.18. The highest BCUT2D eigenvalue weighted by Gasteiger charge is 2.20. The zero-order chi connectivity index (χ0) is 19.4. The summed E-state index contributed by atoms with van der Waals surface area (Å²) in [5, 5.41) is 2.58. The van der Waals surface area contributed by atoms with E-state index in [-0.39, 0.29) is 24.7 Å². The van der Waals surface area contributed by atoms with E-state index in [1.807, 2.05) is 31.2 Å². The summed E-state index contributed by atoms with van der Waals surface area (Å²) >= 11 is 0. The first kappa shape index (κ1) is 18.4. The molecule has 0 aromatic heterocycles. The average molecular weight is 369 g/mol. The fourth-order valence-electron chi connectivity index (χ4n) is 2.59. The second-order valence-electron chi connectivity index (χ2n) is 6.18. The van der Waals surface area contributed by atoms with Crippen molar-refractivity contribution in [3.05, 3.63) is 53.1 Å². The van der Waals surface area contributed by atoms with Crippen LogP contribution in [-0.2, 0) is 20.7 Å². The first-order valence-corrected chi connectivity index (χ1v) is 8.38. The number of nitrogens with one attached hydrogen (secondary N) is 1. The lowest BCUT2D eigenvalue weighted by atomic mass is 10.1. The minimum Gasteiger partial charge on any atom is -0.455 e. The van der Waals surface area contributed by atoms with Gasteiger partial charge in [-0.15, -0.1) is 0 Å². The molecule has 1 amide bonds. The molecule has 2 aromatic carbocycles. The minimum atomic E-state index is -0.548. The van der Waals surface area contributed by atoms with Crippen LogP contribution in [0.1, 0.15) is 28.4 Å². The number of carbonyl (C=O) groups is 3. The second kappa shape index (κ2) is 7.90. The number of anilines is 1. The Morgan fingerprint density at radius 3 is 2.41 bits per heavy atom. The molecule has 27 heavy (non-hydrogen) atoms. The van der Waals surface area contributed by atoms with Crippen molar-refractivity contribution in [2.45, 2.75) is 20.3 Å². The number of aryl methyl sites for hydroxylation is 1. The van der Waals surface area contributed by atoms with Crippen molar-refractivity contribution in [2.75, 3.05) is 18.7 Å². The van der Waals surface area contributed by atoms with Crippen LogP contribution in [0, 0.1) is 6.92 Å². The third kappa shape index (κ3) is 4.63. The molecule has 1 aliphatic heterocycles. The minimum absolute atomic E-state index is 0.0563. The molecular formula is C20H19NO6. The summed E-state index contributed by atoms with van der Waals surface area (Å²) in [6.07, 6.45) is 0.0796. The molecule has 140 valence electrons. The fraction of sp³-hybridized carbons (Fsp3) is 0.250. The number of amides is 1. The number of hydrogen-bond acceptors (Lipinski definition) is 6. The largest absolute Gasteiger partial charge is 0.455 e. The maximum absolute atomic E-state index is 12.1. The molecule has 0 aliphatic carbocycles. The van der Waals surface area contributed by atoms with Gasteiger partial charge in [0.15, 0.2) is 23.9 Å². The lowest BCUT2D eigenvalue weighted by Crippen LogP contribution is -2.22. The number of carbonyl (C=O) groups excluding carboxylic acids is 3. The van der Waals surface area contributed by atoms with Crippen LogP contribution in [0.25, 0.3) is 0 Å². The van der Waals surface area contributed by atoms with Crippen molar-refractivity contribution in [3.63, 3.8) is 0 Å². The fourth-order valence-corrected chi connectivity index (χ4v) is 2.59. The maximum atomic E-state index is 12.1. The molecule has 0 bridgehead atoms. The van der Waals surface area contributed by atoms with Gasteiger partial charge in [0.2, 0.25) is 6.79 Å². The Kier molecular flexibility index (Phi) is 5.40. The molecule has 0 saturated carbocycles. The molecule has 0 spiro atoms. The van der Waals surface area contributed by atoms with Gasteiger partial charge >= 0.3 is 5.97 Å². The van der Waals surface area contributed by atoms with Crippen LogP contribution in [0.5, 0.6) is 11.5 Å². The molecule has 7 nitrogen and oxygen atoms in total. The smallest absolute Gasteiger partial charge is 0.310 e. The molecule has 7 heteroatoms. The van der Waals surface area contributed by atoms with E-state index < -0.39 is 18.5 Å². The third-order valence-electron chi connectivity index (χ3n) is 4.00. The highest BCUT2D eigenvalue weighted by atomic mass is 16.7. The molecule has 2 aromatic rings. The van der Waals surface area contributed by atoms with Crippen molar-refractivity contribution >= 4 is 23.3 Å². The standard InChI is InChI=1S/C20H19NO6/c1-12-3-5-14(6-4-12)7-20(24)25-10-19(23)21-16-9-18-17(26-11-27-18)8-15(16)13(2)22/h3-6,8-9H,7,10-11H2,1-2H3,(H,21,23). The number of hydrogen-bond donors (Lipinski definition) is 1. The number of ketones is 1. The van der Waals surface area contributed by atoms with Crippen molar-refractivity contribution in [1.29, 1.82) is 0 Å². The normalized spacial score (nSPS) is 11.8. The van der Waals surface area contributed by atoms with Gasteiger partial charge in [0, 0.05) is 11.6 Å². The monoisotopic (exact) mass is 369 g/mol. The van der Waals surface area contributed by atoms with E-state index in [1.165, 1.54) is 19.1 Å². The van der Waals surface area contributed by atoms with Crippen LogP contribution >= 0.6 is 0 Å². The van der Waals surface area contributed by atoms with Gasteiger partial charge in [0.25, 0.3) is 5.91 Å². The first-order valence-electron chi connectivity index (χ1n) is 8.38. The zero-order valence-electron chi connectivity index (χ0n) is 15.0. The molecule has 1 N–H and O–H groups in total. The summed E-state index contributed by atoms with van der Waals surface area (Å²) in [5.41, 5.74) is 2.47. The number of benzene rings is 2. The number of Topliss-reactive ketones (excluding diaryl/α,β-unsaturated/α-hetero) is 1. The Morgan fingerprint density at radius 1 is 1.07 bits per heavy atom. The molecule has 3 rings (SSSR count). The van der Waals surface area contributed by atoms with Gasteiger partial charge in [-0.05, 0) is 25.5 Å². The van der Waals surface area contributed by atoms with Crippen LogP contribution in [0.4, 0.5) is 5.69 Å². The van der Waals surface area contributed by atoms with Gasteiger partial charge in [-0.3, -0.25) is 14.4 Å². The molecule has 1 aliphatic rings. The number of ether oxygens (including phenoxy) is 3. The number of esters is 1. The zero-order valence-corrected chi connectivity index (χ0v) is 15.0. The quantitative estimate of drug-likeness (QED) is 0.622. The average Bonchev–Trinajstić information content (AvgIpc) is 3.08. The first-order chi connectivity index (χ1) is 12.9. The lowest BCUT2D eigenvalue weighted by Gasteiger charge is -2.11. The van der Waals surface area contributed by atoms with Crippen LogP contribution in [0.3, 0.4) is 0 Å². The van der Waals surface area contributed by atoms with Gasteiger partial charge in [-0.1, -0.05) is 29.8 Å². The van der Waals surface area contributed by atoms with Gasteiger partial charge in [-0.25, -0.2) is 0 Å². The SMILES string of the molecule is CC(=O)c1cc2c(cc1NC(=O)COC(=O)Cc1ccc(C)cc1)OCO2.